The number of nitrogens with zero attached hydrogens (tertiary/aromatic N) is 4. The van der Waals surface area contributed by atoms with Gasteiger partial charge >= 0.3 is 5.97 Å². The zero-order valence-corrected chi connectivity index (χ0v) is 14.4. The number of aliphatic carboxylic acids is 1. The number of carboxylic acid groups (broad SMARTS) is 1. The highest BCUT2D eigenvalue weighted by Gasteiger charge is 2.22. The van der Waals surface area contributed by atoms with Crippen molar-refractivity contribution in [1.29, 1.82) is 0 Å². The number of aromatic nitrogens is 2. The fourth-order valence-corrected chi connectivity index (χ4v) is 2.99. The largest absolute Gasteiger partial charge is 0.480 e. The summed E-state index contributed by atoms with van der Waals surface area (Å²) in [5.41, 5.74) is 2.17. The van der Waals surface area contributed by atoms with Crippen molar-refractivity contribution in [2.45, 2.75) is 13.8 Å². The first-order chi connectivity index (χ1) is 12.0. The number of piperazine rings is 1. The fraction of sp³-hybridized carbons (Fsp3) is 0.389. The molecule has 1 aromatic heterocycles. The third kappa shape index (κ3) is 3.76. The quantitative estimate of drug-likeness (QED) is 0.916. The maximum absolute atomic E-state index is 14.1. The average molecular weight is 344 g/mol. The molecule has 2 heterocycles. The smallest absolute Gasteiger partial charge is 0.317 e. The minimum atomic E-state index is -0.815. The molecule has 132 valence electrons. The molecule has 25 heavy (non-hydrogen) atoms. The highest BCUT2D eigenvalue weighted by molar-refractivity contribution is 5.69. The Bertz CT molecular complexity index is 789. The van der Waals surface area contributed by atoms with E-state index in [1.165, 1.54) is 6.07 Å². The molecule has 0 aliphatic carbocycles. The molecule has 0 atom stereocenters. The Morgan fingerprint density at radius 3 is 2.48 bits per heavy atom. The Hall–Kier alpha value is -2.54. The molecule has 6 nitrogen and oxygen atoms in total. The lowest BCUT2D eigenvalue weighted by Gasteiger charge is -2.35. The molecular weight excluding hydrogens is 323 g/mol. The first kappa shape index (κ1) is 17.3. The molecule has 3 rings (SSSR count). The van der Waals surface area contributed by atoms with Crippen LogP contribution in [-0.4, -0.2) is 58.7 Å². The van der Waals surface area contributed by atoms with E-state index >= 15 is 0 Å². The average Bonchev–Trinajstić information content (AvgIpc) is 2.58. The molecular formula is C18H21FN4O2. The van der Waals surface area contributed by atoms with Gasteiger partial charge in [-0.1, -0.05) is 12.1 Å². The Balaban J connectivity index is 1.87. The number of aryl methyl sites for hydroxylation is 1. The molecule has 1 aliphatic rings. The Morgan fingerprint density at radius 2 is 1.84 bits per heavy atom. The van der Waals surface area contributed by atoms with E-state index in [2.05, 4.69) is 14.9 Å². The molecule has 0 spiro atoms. The van der Waals surface area contributed by atoms with E-state index in [1.807, 2.05) is 18.7 Å². The maximum Gasteiger partial charge on any atom is 0.317 e. The summed E-state index contributed by atoms with van der Waals surface area (Å²) in [6.07, 6.45) is 0. The van der Waals surface area contributed by atoms with Crippen LogP contribution < -0.4 is 4.90 Å². The van der Waals surface area contributed by atoms with Crippen LogP contribution >= 0.6 is 0 Å². The van der Waals surface area contributed by atoms with E-state index in [0.717, 1.165) is 17.1 Å². The number of hydrogen-bond donors (Lipinski definition) is 1. The van der Waals surface area contributed by atoms with Gasteiger partial charge in [-0.15, -0.1) is 0 Å². The zero-order chi connectivity index (χ0) is 18.0. The monoisotopic (exact) mass is 344 g/mol. The molecule has 0 amide bonds. The van der Waals surface area contributed by atoms with Crippen molar-refractivity contribution in [2.75, 3.05) is 37.6 Å². The standard InChI is InChI=1S/C18H21FN4O2/c1-12-13(2)20-17(14-5-3-4-6-15(14)19)21-18(12)23-9-7-22(8-10-23)11-16(24)25/h3-6H,7-11H2,1-2H3,(H,24,25). The van der Waals surface area contributed by atoms with Gasteiger partial charge in [-0.3, -0.25) is 9.69 Å². The third-order valence-corrected chi connectivity index (χ3v) is 4.51. The van der Waals surface area contributed by atoms with Crippen molar-refractivity contribution < 1.29 is 14.3 Å². The SMILES string of the molecule is Cc1nc(-c2ccccc2F)nc(N2CCN(CC(=O)O)CC2)c1C. The van der Waals surface area contributed by atoms with Gasteiger partial charge < -0.3 is 10.0 Å². The number of rotatable bonds is 4. The predicted molar refractivity (Wildman–Crippen MR) is 93.2 cm³/mol. The molecule has 0 unspecified atom stereocenters. The highest BCUT2D eigenvalue weighted by Crippen LogP contribution is 2.26. The third-order valence-electron chi connectivity index (χ3n) is 4.51. The molecule has 2 aromatic rings. The van der Waals surface area contributed by atoms with E-state index in [-0.39, 0.29) is 12.4 Å². The van der Waals surface area contributed by atoms with E-state index in [1.54, 1.807) is 18.2 Å². The Kier molecular flexibility index (Phi) is 4.94. The first-order valence-corrected chi connectivity index (χ1v) is 8.25. The van der Waals surface area contributed by atoms with Gasteiger partial charge in [-0.05, 0) is 26.0 Å². The summed E-state index contributed by atoms with van der Waals surface area (Å²) in [6.45, 7) is 6.58. The van der Waals surface area contributed by atoms with Gasteiger partial charge in [-0.25, -0.2) is 14.4 Å². The number of carboxylic acids is 1. The summed E-state index contributed by atoms with van der Waals surface area (Å²) in [5.74, 6) is 0.0113. The lowest BCUT2D eigenvalue weighted by molar-refractivity contribution is -0.138. The van der Waals surface area contributed by atoms with Gasteiger partial charge in [0, 0.05) is 37.4 Å². The summed E-state index contributed by atoms with van der Waals surface area (Å²) in [4.78, 5) is 23.9. The topological polar surface area (TPSA) is 69.6 Å². The summed E-state index contributed by atoms with van der Waals surface area (Å²) < 4.78 is 14.1. The van der Waals surface area contributed by atoms with Crippen LogP contribution in [0.25, 0.3) is 11.4 Å². The summed E-state index contributed by atoms with van der Waals surface area (Å²) >= 11 is 0. The van der Waals surface area contributed by atoms with Gasteiger partial charge in [0.2, 0.25) is 0 Å². The van der Waals surface area contributed by atoms with E-state index in [9.17, 15) is 9.18 Å². The lowest BCUT2D eigenvalue weighted by atomic mass is 10.1. The molecule has 1 saturated heterocycles. The van der Waals surface area contributed by atoms with Gasteiger partial charge in [-0.2, -0.15) is 0 Å². The Labute approximate surface area is 145 Å². The Morgan fingerprint density at radius 1 is 1.16 bits per heavy atom. The minimum absolute atomic E-state index is 0.0517. The second kappa shape index (κ2) is 7.14. The van der Waals surface area contributed by atoms with Crippen LogP contribution in [0.4, 0.5) is 10.2 Å². The molecule has 1 aliphatic heterocycles. The first-order valence-electron chi connectivity index (χ1n) is 8.25. The molecule has 0 radical (unpaired) electrons. The molecule has 1 fully saturated rings. The number of carbonyl (C=O) groups is 1. The van der Waals surface area contributed by atoms with Gasteiger partial charge in [0.05, 0.1) is 12.1 Å². The molecule has 0 saturated carbocycles. The van der Waals surface area contributed by atoms with Crippen LogP contribution in [0.2, 0.25) is 0 Å². The van der Waals surface area contributed by atoms with E-state index in [4.69, 9.17) is 5.11 Å². The van der Waals surface area contributed by atoms with Crippen LogP contribution in [0.1, 0.15) is 11.3 Å². The molecule has 1 aromatic carbocycles. The number of hydrogen-bond acceptors (Lipinski definition) is 5. The van der Waals surface area contributed by atoms with Crippen molar-refractivity contribution in [2.24, 2.45) is 0 Å². The molecule has 7 heteroatoms. The number of benzene rings is 1. The normalized spacial score (nSPS) is 15.4. The van der Waals surface area contributed by atoms with Crippen LogP contribution in [0.3, 0.4) is 0 Å². The van der Waals surface area contributed by atoms with Crippen LogP contribution in [0.15, 0.2) is 24.3 Å². The summed E-state index contributed by atoms with van der Waals surface area (Å²) in [7, 11) is 0. The maximum atomic E-state index is 14.1. The van der Waals surface area contributed by atoms with Crippen molar-refractivity contribution >= 4 is 11.8 Å². The van der Waals surface area contributed by atoms with Gasteiger partial charge in [0.1, 0.15) is 11.6 Å². The van der Waals surface area contributed by atoms with E-state index < -0.39 is 5.97 Å². The number of halogens is 1. The molecule has 0 bridgehead atoms. The summed E-state index contributed by atoms with van der Waals surface area (Å²) in [6, 6.07) is 6.48. The predicted octanol–water partition coefficient (Wildman–Crippen LogP) is 2.11. The molecule has 1 N–H and O–H groups in total. The summed E-state index contributed by atoms with van der Waals surface area (Å²) in [5, 5.41) is 8.91. The second-order valence-corrected chi connectivity index (χ2v) is 6.22. The fourth-order valence-electron chi connectivity index (χ4n) is 2.99. The van der Waals surface area contributed by atoms with Gasteiger partial charge in [0.25, 0.3) is 0 Å². The zero-order valence-electron chi connectivity index (χ0n) is 14.4. The van der Waals surface area contributed by atoms with Crippen molar-refractivity contribution in [3.8, 4) is 11.4 Å². The highest BCUT2D eigenvalue weighted by atomic mass is 19.1. The minimum Gasteiger partial charge on any atom is -0.480 e. The van der Waals surface area contributed by atoms with Crippen molar-refractivity contribution in [3.63, 3.8) is 0 Å². The second-order valence-electron chi connectivity index (χ2n) is 6.22. The van der Waals surface area contributed by atoms with Crippen LogP contribution in [0, 0.1) is 19.7 Å². The lowest BCUT2D eigenvalue weighted by Crippen LogP contribution is -2.48. The van der Waals surface area contributed by atoms with Crippen LogP contribution in [0.5, 0.6) is 0 Å². The van der Waals surface area contributed by atoms with E-state index in [0.29, 0.717) is 37.6 Å². The van der Waals surface area contributed by atoms with Crippen molar-refractivity contribution in [1.82, 2.24) is 14.9 Å². The van der Waals surface area contributed by atoms with Gasteiger partial charge in [0.15, 0.2) is 5.82 Å². The number of anilines is 1. The van der Waals surface area contributed by atoms with Crippen LogP contribution in [-0.2, 0) is 4.79 Å². The van der Waals surface area contributed by atoms with Crippen molar-refractivity contribution in [3.05, 3.63) is 41.3 Å².